The van der Waals surface area contributed by atoms with Crippen LogP contribution in [0.25, 0.3) is 6.08 Å². The SMILES string of the molecule is CCOc1cc(/C=C2/NC(=O)N(Cc3ccc(F)cc3)C2=O)cc(Cl)c1OCc1ccccc1Cl. The van der Waals surface area contributed by atoms with Crippen molar-refractivity contribution in [2.75, 3.05) is 6.61 Å². The summed E-state index contributed by atoms with van der Waals surface area (Å²) in [5, 5.41) is 3.41. The maximum absolute atomic E-state index is 13.2. The maximum Gasteiger partial charge on any atom is 0.329 e. The van der Waals surface area contributed by atoms with Crippen LogP contribution in [0, 0.1) is 5.82 Å². The third kappa shape index (κ3) is 5.75. The Hall–Kier alpha value is -3.55. The zero-order chi connectivity index (χ0) is 24.9. The Balaban J connectivity index is 1.55. The number of carbonyl (C=O) groups excluding carboxylic acids is 2. The average Bonchev–Trinajstić information content (AvgIpc) is 3.08. The highest BCUT2D eigenvalue weighted by molar-refractivity contribution is 6.32. The molecule has 3 aromatic rings. The molecule has 1 saturated heterocycles. The monoisotopic (exact) mass is 514 g/mol. The quantitative estimate of drug-likeness (QED) is 0.287. The highest BCUT2D eigenvalue weighted by Gasteiger charge is 2.33. The van der Waals surface area contributed by atoms with Crippen LogP contribution in [0.1, 0.15) is 23.6 Å². The van der Waals surface area contributed by atoms with Gasteiger partial charge in [0, 0.05) is 10.6 Å². The lowest BCUT2D eigenvalue weighted by atomic mass is 10.1. The normalized spacial score (nSPS) is 14.4. The summed E-state index contributed by atoms with van der Waals surface area (Å²) in [5.74, 6) is -0.172. The predicted octanol–water partition coefficient (Wildman–Crippen LogP) is 6.20. The van der Waals surface area contributed by atoms with Gasteiger partial charge in [0.15, 0.2) is 11.5 Å². The van der Waals surface area contributed by atoms with E-state index in [0.717, 1.165) is 10.5 Å². The van der Waals surface area contributed by atoms with Crippen LogP contribution < -0.4 is 14.8 Å². The number of imide groups is 1. The molecule has 0 spiro atoms. The van der Waals surface area contributed by atoms with Gasteiger partial charge in [-0.15, -0.1) is 0 Å². The lowest BCUT2D eigenvalue weighted by molar-refractivity contribution is -0.123. The topological polar surface area (TPSA) is 67.9 Å². The molecule has 9 heteroatoms. The molecule has 0 radical (unpaired) electrons. The van der Waals surface area contributed by atoms with E-state index in [4.69, 9.17) is 32.7 Å². The average molecular weight is 515 g/mol. The molecular weight excluding hydrogens is 494 g/mol. The number of nitrogens with zero attached hydrogens (tertiary/aromatic N) is 1. The van der Waals surface area contributed by atoms with Crippen LogP contribution >= 0.6 is 23.2 Å². The summed E-state index contributed by atoms with van der Waals surface area (Å²) < 4.78 is 24.8. The minimum absolute atomic E-state index is 0.0159. The van der Waals surface area contributed by atoms with Crippen molar-refractivity contribution in [3.8, 4) is 11.5 Å². The Labute approximate surface area is 211 Å². The number of urea groups is 1. The summed E-state index contributed by atoms with van der Waals surface area (Å²) in [6.45, 7) is 2.39. The smallest absolute Gasteiger partial charge is 0.329 e. The molecule has 1 N–H and O–H groups in total. The lowest BCUT2D eigenvalue weighted by Crippen LogP contribution is -2.30. The maximum atomic E-state index is 13.2. The molecule has 1 aliphatic rings. The van der Waals surface area contributed by atoms with Crippen molar-refractivity contribution < 1.29 is 23.5 Å². The second-order valence-electron chi connectivity index (χ2n) is 7.65. The fraction of sp³-hybridized carbons (Fsp3) is 0.154. The molecule has 0 unspecified atom stereocenters. The van der Waals surface area contributed by atoms with E-state index in [2.05, 4.69) is 5.32 Å². The van der Waals surface area contributed by atoms with Gasteiger partial charge < -0.3 is 14.8 Å². The Morgan fingerprint density at radius 3 is 2.46 bits per heavy atom. The largest absolute Gasteiger partial charge is 0.490 e. The standard InChI is InChI=1S/C26H21Cl2FN2O4/c1-2-34-23-13-17(11-21(28)24(23)35-15-18-5-3-4-6-20(18)27)12-22-25(32)31(26(33)30-22)14-16-7-9-19(29)10-8-16/h3-13H,2,14-15H2,1H3,(H,30,33)/b22-12+. The summed E-state index contributed by atoms with van der Waals surface area (Å²) in [4.78, 5) is 26.3. The van der Waals surface area contributed by atoms with Crippen LogP contribution in [0.4, 0.5) is 9.18 Å². The predicted molar refractivity (Wildman–Crippen MR) is 132 cm³/mol. The molecule has 1 fully saturated rings. The van der Waals surface area contributed by atoms with Gasteiger partial charge in [-0.05, 0) is 54.5 Å². The first kappa shape index (κ1) is 24.6. The molecule has 0 saturated carbocycles. The number of halogens is 3. The molecule has 0 bridgehead atoms. The van der Waals surface area contributed by atoms with E-state index in [1.54, 1.807) is 18.2 Å². The van der Waals surface area contributed by atoms with Gasteiger partial charge in [-0.1, -0.05) is 53.5 Å². The van der Waals surface area contributed by atoms with E-state index in [9.17, 15) is 14.0 Å². The molecule has 3 amide bonds. The number of carbonyl (C=O) groups is 2. The third-order valence-electron chi connectivity index (χ3n) is 5.19. The molecule has 6 nitrogen and oxygen atoms in total. The van der Waals surface area contributed by atoms with Crippen molar-refractivity contribution in [1.82, 2.24) is 10.2 Å². The van der Waals surface area contributed by atoms with Crippen molar-refractivity contribution >= 4 is 41.2 Å². The van der Waals surface area contributed by atoms with Crippen LogP contribution in [0.5, 0.6) is 11.5 Å². The van der Waals surface area contributed by atoms with Crippen molar-refractivity contribution in [1.29, 1.82) is 0 Å². The van der Waals surface area contributed by atoms with E-state index >= 15 is 0 Å². The van der Waals surface area contributed by atoms with Crippen LogP contribution in [-0.4, -0.2) is 23.4 Å². The second-order valence-corrected chi connectivity index (χ2v) is 8.46. The minimum atomic E-state index is -0.568. The Bertz CT molecular complexity index is 1300. The number of rotatable bonds is 8. The van der Waals surface area contributed by atoms with Gasteiger partial charge in [0.25, 0.3) is 5.91 Å². The van der Waals surface area contributed by atoms with Gasteiger partial charge in [0.1, 0.15) is 18.1 Å². The molecule has 0 aliphatic carbocycles. The van der Waals surface area contributed by atoms with Crippen molar-refractivity contribution in [3.05, 3.63) is 98.9 Å². The van der Waals surface area contributed by atoms with E-state index in [1.165, 1.54) is 30.3 Å². The van der Waals surface area contributed by atoms with Crippen LogP contribution in [0.3, 0.4) is 0 Å². The molecule has 0 aromatic heterocycles. The van der Waals surface area contributed by atoms with Crippen LogP contribution in [-0.2, 0) is 17.9 Å². The van der Waals surface area contributed by atoms with Gasteiger partial charge in [0.05, 0.1) is 18.2 Å². The second kappa shape index (κ2) is 10.8. The molecule has 1 heterocycles. The van der Waals surface area contributed by atoms with Crippen molar-refractivity contribution in [2.45, 2.75) is 20.1 Å². The Kier molecular flexibility index (Phi) is 7.58. The summed E-state index contributed by atoms with van der Waals surface area (Å²) in [6.07, 6.45) is 1.51. The van der Waals surface area contributed by atoms with Crippen LogP contribution in [0.15, 0.2) is 66.4 Å². The Morgan fingerprint density at radius 1 is 1.00 bits per heavy atom. The first-order valence-electron chi connectivity index (χ1n) is 10.8. The number of ether oxygens (including phenoxy) is 2. The number of nitrogens with one attached hydrogen (secondary N) is 1. The van der Waals surface area contributed by atoms with Crippen molar-refractivity contribution in [2.24, 2.45) is 0 Å². The van der Waals surface area contributed by atoms with Gasteiger partial charge in [-0.25, -0.2) is 9.18 Å². The van der Waals surface area contributed by atoms with Crippen LogP contribution in [0.2, 0.25) is 10.0 Å². The fourth-order valence-electron chi connectivity index (χ4n) is 3.49. The van der Waals surface area contributed by atoms with E-state index < -0.39 is 17.8 Å². The molecular formula is C26H21Cl2FN2O4. The lowest BCUT2D eigenvalue weighted by Gasteiger charge is -2.15. The molecule has 4 rings (SSSR count). The Morgan fingerprint density at radius 2 is 1.74 bits per heavy atom. The third-order valence-corrected chi connectivity index (χ3v) is 5.84. The highest BCUT2D eigenvalue weighted by atomic mass is 35.5. The summed E-state index contributed by atoms with van der Waals surface area (Å²) >= 11 is 12.7. The number of amides is 3. The van der Waals surface area contributed by atoms with Gasteiger partial charge >= 0.3 is 6.03 Å². The molecule has 1 aliphatic heterocycles. The molecule has 35 heavy (non-hydrogen) atoms. The van der Waals surface area contributed by atoms with Gasteiger partial charge in [-0.3, -0.25) is 9.69 Å². The number of hydrogen-bond donors (Lipinski definition) is 1. The van der Waals surface area contributed by atoms with Crippen molar-refractivity contribution in [3.63, 3.8) is 0 Å². The van der Waals surface area contributed by atoms with E-state index in [-0.39, 0.29) is 23.9 Å². The first-order chi connectivity index (χ1) is 16.9. The molecule has 180 valence electrons. The summed E-state index contributed by atoms with van der Waals surface area (Å²) in [6, 6.07) is 15.6. The molecule has 3 aromatic carbocycles. The van der Waals surface area contributed by atoms with E-state index in [0.29, 0.717) is 34.3 Å². The van der Waals surface area contributed by atoms with Gasteiger partial charge in [-0.2, -0.15) is 0 Å². The first-order valence-corrected chi connectivity index (χ1v) is 11.5. The molecule has 0 atom stereocenters. The summed E-state index contributed by atoms with van der Waals surface area (Å²) in [7, 11) is 0. The number of hydrogen-bond acceptors (Lipinski definition) is 4. The fourth-order valence-corrected chi connectivity index (χ4v) is 3.96. The summed E-state index contributed by atoms with van der Waals surface area (Å²) in [5.41, 5.74) is 2.04. The number of benzene rings is 3. The highest BCUT2D eigenvalue weighted by Crippen LogP contribution is 2.38. The zero-order valence-corrected chi connectivity index (χ0v) is 20.2. The minimum Gasteiger partial charge on any atom is -0.490 e. The zero-order valence-electron chi connectivity index (χ0n) is 18.7. The van der Waals surface area contributed by atoms with E-state index in [1.807, 2.05) is 25.1 Å². The van der Waals surface area contributed by atoms with Gasteiger partial charge in [0.2, 0.25) is 0 Å².